The Morgan fingerprint density at radius 3 is 2.46 bits per heavy atom. The van der Waals surface area contributed by atoms with Crippen molar-refractivity contribution in [1.29, 1.82) is 0 Å². The van der Waals surface area contributed by atoms with Crippen molar-refractivity contribution >= 4 is 29.6 Å². The van der Waals surface area contributed by atoms with E-state index in [0.29, 0.717) is 28.9 Å². The van der Waals surface area contributed by atoms with Crippen molar-refractivity contribution in [3.8, 4) is 24.7 Å². The summed E-state index contributed by atoms with van der Waals surface area (Å²) in [6, 6.07) is 4.15. The topological polar surface area (TPSA) is 132 Å². The molecule has 254 valence electrons. The molecule has 1 spiro atoms. The SMILES string of the molecule is C#C.C=C(C)N1CCCC1.CC.Cc1[nH]c(C2C#CC23C(=O)Nc2ccc(C(=O)NC(C)C4C=CC(F)=CC4N)cc23)c(C)c1NC=O. The summed E-state index contributed by atoms with van der Waals surface area (Å²) in [6.07, 6.45) is 15.7. The van der Waals surface area contributed by atoms with Crippen molar-refractivity contribution < 1.29 is 18.8 Å². The Labute approximate surface area is 283 Å². The number of nitrogens with one attached hydrogen (secondary N) is 4. The molecule has 0 saturated carbocycles. The molecule has 5 unspecified atom stereocenters. The number of terminal acetylenes is 1. The van der Waals surface area contributed by atoms with Crippen LogP contribution >= 0.6 is 0 Å². The minimum Gasteiger partial charge on any atom is -0.376 e. The summed E-state index contributed by atoms with van der Waals surface area (Å²) in [6.45, 7) is 17.9. The molecule has 9 nitrogen and oxygen atoms in total. The lowest BCUT2D eigenvalue weighted by Gasteiger charge is -2.34. The van der Waals surface area contributed by atoms with Gasteiger partial charge in [-0.1, -0.05) is 38.3 Å². The van der Waals surface area contributed by atoms with Crippen molar-refractivity contribution in [2.24, 2.45) is 11.7 Å². The second-order valence-electron chi connectivity index (χ2n) is 11.9. The van der Waals surface area contributed by atoms with Gasteiger partial charge in [-0.3, -0.25) is 14.4 Å². The van der Waals surface area contributed by atoms with E-state index in [4.69, 9.17) is 5.73 Å². The lowest BCUT2D eigenvalue weighted by atomic mass is 9.64. The number of rotatable bonds is 7. The summed E-state index contributed by atoms with van der Waals surface area (Å²) in [5, 5.41) is 8.54. The van der Waals surface area contributed by atoms with Crippen LogP contribution in [0.3, 0.4) is 0 Å². The molecule has 10 heteroatoms. The quantitative estimate of drug-likeness (QED) is 0.197. The van der Waals surface area contributed by atoms with Crippen LogP contribution in [0, 0.1) is 44.5 Å². The van der Waals surface area contributed by atoms with Crippen LogP contribution < -0.4 is 21.7 Å². The largest absolute Gasteiger partial charge is 0.376 e. The molecule has 6 rings (SSSR count). The number of carbonyl (C=O) groups is 3. The maximum atomic E-state index is 13.5. The summed E-state index contributed by atoms with van der Waals surface area (Å²) >= 11 is 0. The molecule has 1 fully saturated rings. The molecule has 1 aromatic carbocycles. The van der Waals surface area contributed by atoms with Crippen molar-refractivity contribution in [2.45, 2.75) is 77.8 Å². The number of amides is 3. The highest BCUT2D eigenvalue weighted by atomic mass is 19.1. The number of allylic oxidation sites excluding steroid dienone is 3. The Bertz CT molecular complexity index is 1690. The zero-order chi connectivity index (χ0) is 35.8. The number of carbonyl (C=O) groups excluding carboxylic acids is 3. The highest BCUT2D eigenvalue weighted by Gasteiger charge is 2.56. The van der Waals surface area contributed by atoms with E-state index in [0.717, 1.165) is 17.0 Å². The average molecular weight is 655 g/mol. The zero-order valence-electron chi connectivity index (χ0n) is 28.7. The number of nitrogens with two attached hydrogens (primary N) is 1. The van der Waals surface area contributed by atoms with E-state index in [2.05, 4.69) is 64.0 Å². The molecule has 2 aliphatic heterocycles. The van der Waals surface area contributed by atoms with Gasteiger partial charge in [-0.15, -0.1) is 12.8 Å². The fourth-order valence-corrected chi connectivity index (χ4v) is 6.46. The standard InChI is InChI=1S/C27H26FN5O3.C7H13N.C2H6.C2H2/c1-13-23(30-12-34)15(3)31-24(13)19-8-9-27(19)20-10-16(4-7-22(20)33-26(27)36)25(35)32-14(2)18-6-5-17(28)11-21(18)29;1-7(2)8-5-3-4-6-8;2*1-2/h4-7,10-12,14,18-19,21,31H,29H2,1-3H3,(H,30,34)(H,32,35)(H,33,36);1,3-6H2,2H3;1-2H3;1-2H. The predicted molar refractivity (Wildman–Crippen MR) is 191 cm³/mol. The monoisotopic (exact) mass is 654 g/mol. The number of hydrogen-bond acceptors (Lipinski definition) is 5. The van der Waals surface area contributed by atoms with Crippen molar-refractivity contribution in [1.82, 2.24) is 15.2 Å². The van der Waals surface area contributed by atoms with Gasteiger partial charge in [-0.2, -0.15) is 0 Å². The molecule has 4 aliphatic rings. The first-order valence-electron chi connectivity index (χ1n) is 16.2. The van der Waals surface area contributed by atoms with E-state index in [1.807, 2.05) is 34.6 Å². The fraction of sp³-hybridized carbons (Fsp3) is 0.395. The third-order valence-electron chi connectivity index (χ3n) is 8.98. The number of nitrogens with zero attached hydrogens (tertiary/aromatic N) is 1. The van der Waals surface area contributed by atoms with Crippen LogP contribution in [0.5, 0.6) is 0 Å². The van der Waals surface area contributed by atoms with Gasteiger partial charge in [-0.05, 0) is 76.5 Å². The smallest absolute Gasteiger partial charge is 0.251 e. The summed E-state index contributed by atoms with van der Waals surface area (Å²) in [4.78, 5) is 43.0. The lowest BCUT2D eigenvalue weighted by molar-refractivity contribution is -0.119. The van der Waals surface area contributed by atoms with Crippen molar-refractivity contribution in [3.05, 3.63) is 82.6 Å². The number of likely N-dealkylation sites (tertiary alicyclic amines) is 1. The number of hydrogen-bond donors (Lipinski definition) is 5. The van der Waals surface area contributed by atoms with E-state index in [-0.39, 0.29) is 23.8 Å². The predicted octanol–water partition coefficient (Wildman–Crippen LogP) is 5.57. The maximum Gasteiger partial charge on any atom is 0.251 e. The van der Waals surface area contributed by atoms with Gasteiger partial charge in [0.1, 0.15) is 5.83 Å². The van der Waals surface area contributed by atoms with Gasteiger partial charge in [0.25, 0.3) is 5.91 Å². The molecule has 3 heterocycles. The average Bonchev–Trinajstić information content (AvgIpc) is 3.77. The number of halogens is 1. The van der Waals surface area contributed by atoms with Gasteiger partial charge < -0.3 is 31.6 Å². The van der Waals surface area contributed by atoms with Crippen LogP contribution in [0.4, 0.5) is 15.8 Å². The van der Waals surface area contributed by atoms with Crippen LogP contribution in [0.15, 0.2) is 54.5 Å². The number of aryl methyl sites for hydroxylation is 1. The van der Waals surface area contributed by atoms with Gasteiger partial charge in [0, 0.05) is 65.0 Å². The zero-order valence-corrected chi connectivity index (χ0v) is 28.7. The first-order chi connectivity index (χ1) is 23.0. The second-order valence-corrected chi connectivity index (χ2v) is 11.9. The molecule has 5 atom stereocenters. The number of fused-ring (bicyclic) bond motifs is 2. The minimum absolute atomic E-state index is 0.254. The van der Waals surface area contributed by atoms with Gasteiger partial charge >= 0.3 is 0 Å². The minimum atomic E-state index is -1.14. The summed E-state index contributed by atoms with van der Waals surface area (Å²) < 4.78 is 13.5. The fourth-order valence-electron chi connectivity index (χ4n) is 6.46. The first kappa shape index (κ1) is 37.4. The van der Waals surface area contributed by atoms with E-state index in [1.165, 1.54) is 43.8 Å². The van der Waals surface area contributed by atoms with Crippen molar-refractivity contribution in [2.75, 3.05) is 23.7 Å². The first-order valence-corrected chi connectivity index (χ1v) is 16.2. The maximum absolute atomic E-state index is 13.5. The third kappa shape index (κ3) is 7.25. The molecule has 2 aromatic rings. The van der Waals surface area contributed by atoms with Gasteiger partial charge in [0.05, 0.1) is 11.6 Å². The second kappa shape index (κ2) is 16.2. The van der Waals surface area contributed by atoms with Crippen LogP contribution in [-0.2, 0) is 15.0 Å². The van der Waals surface area contributed by atoms with Gasteiger partial charge in [0.15, 0.2) is 5.41 Å². The van der Waals surface area contributed by atoms with Gasteiger partial charge in [0.2, 0.25) is 12.3 Å². The Hall–Kier alpha value is -5.06. The number of aromatic amines is 1. The molecule has 0 radical (unpaired) electrons. The number of anilines is 2. The summed E-state index contributed by atoms with van der Waals surface area (Å²) in [5.74, 6) is 4.46. The third-order valence-corrected chi connectivity index (χ3v) is 8.98. The summed E-state index contributed by atoms with van der Waals surface area (Å²) in [5.41, 5.74) is 10.7. The highest BCUT2D eigenvalue weighted by Crippen LogP contribution is 2.52. The highest BCUT2D eigenvalue weighted by molar-refractivity contribution is 6.12. The molecule has 3 amide bonds. The molecule has 0 bridgehead atoms. The molecule has 48 heavy (non-hydrogen) atoms. The number of benzene rings is 1. The van der Waals surface area contributed by atoms with Crippen LogP contribution in [0.1, 0.15) is 79.3 Å². The number of H-pyrrole nitrogens is 1. The Morgan fingerprint density at radius 2 is 1.92 bits per heavy atom. The molecule has 1 aromatic heterocycles. The number of aromatic nitrogens is 1. The Morgan fingerprint density at radius 1 is 1.25 bits per heavy atom. The van der Waals surface area contributed by atoms with E-state index in [9.17, 15) is 18.8 Å². The molecular weight excluding hydrogens is 607 g/mol. The van der Waals surface area contributed by atoms with Crippen molar-refractivity contribution in [3.63, 3.8) is 0 Å². The van der Waals surface area contributed by atoms with E-state index < -0.39 is 23.2 Å². The molecule has 2 aliphatic carbocycles. The van der Waals surface area contributed by atoms with Gasteiger partial charge in [-0.25, -0.2) is 4.39 Å². The van der Waals surface area contributed by atoms with Crippen LogP contribution in [0.2, 0.25) is 0 Å². The van der Waals surface area contributed by atoms with E-state index >= 15 is 0 Å². The molecular formula is C38H47FN6O3. The lowest BCUT2D eigenvalue weighted by Crippen LogP contribution is -2.45. The van der Waals surface area contributed by atoms with E-state index in [1.54, 1.807) is 24.3 Å². The normalized spacial score (nSPS) is 23.0. The Kier molecular flexibility index (Phi) is 12.6. The Balaban J connectivity index is 0.000000447. The molecule has 6 N–H and O–H groups in total. The summed E-state index contributed by atoms with van der Waals surface area (Å²) in [7, 11) is 0. The van der Waals surface area contributed by atoms with Crippen LogP contribution in [0.25, 0.3) is 0 Å². The van der Waals surface area contributed by atoms with Crippen LogP contribution in [-0.4, -0.2) is 53.3 Å². The molecule has 1 saturated heterocycles.